The summed E-state index contributed by atoms with van der Waals surface area (Å²) in [7, 11) is 0. The summed E-state index contributed by atoms with van der Waals surface area (Å²) >= 11 is 0. The minimum absolute atomic E-state index is 0.948. The van der Waals surface area contributed by atoms with Crippen LogP contribution in [0.2, 0.25) is 0 Å². The topological polar surface area (TPSA) is 25.5 Å². The number of hydrogen-bond donors (Lipinski definition) is 0. The maximum atomic E-state index is 5.06. The van der Waals surface area contributed by atoms with E-state index in [-0.39, 0.29) is 0 Å². The van der Waals surface area contributed by atoms with E-state index in [0.717, 1.165) is 37.7 Å². The molecule has 0 aliphatic rings. The van der Waals surface area contributed by atoms with Crippen LogP contribution in [0.3, 0.4) is 0 Å². The van der Waals surface area contributed by atoms with Gasteiger partial charge in [-0.05, 0) is 32.1 Å². The second-order valence-corrected chi connectivity index (χ2v) is 6.71. The lowest BCUT2D eigenvalue weighted by molar-refractivity contribution is 0.293. The number of benzene rings is 2. The van der Waals surface area contributed by atoms with Crippen LogP contribution in [0.15, 0.2) is 54.6 Å². The lowest BCUT2D eigenvalue weighted by Crippen LogP contribution is -2.27. The van der Waals surface area contributed by atoms with E-state index in [0.29, 0.717) is 0 Å². The molecule has 4 nitrogen and oxygen atoms in total. The smallest absolute Gasteiger partial charge is 0.215 e. The van der Waals surface area contributed by atoms with Crippen molar-refractivity contribution in [2.45, 2.75) is 27.3 Å². The van der Waals surface area contributed by atoms with Crippen molar-refractivity contribution in [2.75, 3.05) is 19.6 Å². The molecule has 0 amide bonds. The van der Waals surface area contributed by atoms with E-state index in [1.165, 1.54) is 22.3 Å². The summed E-state index contributed by atoms with van der Waals surface area (Å²) in [5, 5.41) is 0. The Morgan fingerprint density at radius 3 is 2.23 bits per heavy atom. The quantitative estimate of drug-likeness (QED) is 0.509. The summed E-state index contributed by atoms with van der Waals surface area (Å²) in [6.45, 7) is 10.8. The molecule has 0 N–H and O–H groups in total. The van der Waals surface area contributed by atoms with Gasteiger partial charge in [0, 0.05) is 24.3 Å². The van der Waals surface area contributed by atoms with Crippen LogP contribution in [-0.4, -0.2) is 38.5 Å². The van der Waals surface area contributed by atoms with E-state index < -0.39 is 0 Å². The van der Waals surface area contributed by atoms with Gasteiger partial charge in [-0.2, -0.15) is 0 Å². The maximum Gasteiger partial charge on any atom is 0.215 e. The molecule has 0 unspecified atom stereocenters. The summed E-state index contributed by atoms with van der Waals surface area (Å²) in [5.41, 5.74) is 5.93. The average molecular weight is 346 g/mol. The zero-order valence-electron chi connectivity index (χ0n) is 15.8. The van der Waals surface area contributed by atoms with E-state index in [1.54, 1.807) is 0 Å². The lowest BCUT2D eigenvalue weighted by Gasteiger charge is -2.18. The Hall–Kier alpha value is -2.59. The number of hydrogen-bond acceptors (Lipinski definition) is 2. The van der Waals surface area contributed by atoms with Crippen LogP contribution in [0.4, 0.5) is 0 Å². The maximum absolute atomic E-state index is 5.06. The molecule has 2 aromatic carbocycles. The number of likely N-dealkylation sites (N-methyl/N-ethyl adjacent to an activating group) is 1. The third-order valence-corrected chi connectivity index (χ3v) is 5.33. The van der Waals surface area contributed by atoms with Gasteiger partial charge in [-0.25, -0.2) is 4.98 Å². The van der Waals surface area contributed by atoms with Gasteiger partial charge in [0.05, 0.1) is 16.7 Å². The Labute approximate surface area is 154 Å². The summed E-state index contributed by atoms with van der Waals surface area (Å²) in [4.78, 5) is 7.51. The number of para-hydroxylation sites is 2. The molecule has 0 radical (unpaired) electrons. The minimum Gasteiger partial charge on any atom is -0.308 e. The fourth-order valence-corrected chi connectivity index (χ4v) is 3.82. The molecule has 0 saturated heterocycles. The van der Waals surface area contributed by atoms with Gasteiger partial charge in [-0.15, -0.1) is 0 Å². The second kappa shape index (κ2) is 6.96. The van der Waals surface area contributed by atoms with Gasteiger partial charge in [0.25, 0.3) is 0 Å². The van der Waals surface area contributed by atoms with Gasteiger partial charge in [0.2, 0.25) is 5.78 Å². The van der Waals surface area contributed by atoms with Gasteiger partial charge < -0.3 is 9.47 Å². The van der Waals surface area contributed by atoms with Gasteiger partial charge >= 0.3 is 0 Å². The highest BCUT2D eigenvalue weighted by Gasteiger charge is 2.18. The third kappa shape index (κ3) is 2.71. The van der Waals surface area contributed by atoms with Crippen molar-refractivity contribution >= 4 is 16.8 Å². The van der Waals surface area contributed by atoms with E-state index in [9.17, 15) is 0 Å². The standard InChI is InChI=1S/C22H26N4/c1-4-24(5-2)15-16-25-19-13-9-10-14-20(19)26-17(3)21(23-22(25)26)18-11-7-6-8-12-18/h6-14H,4-5,15-16H2,1-3H3. The molecule has 0 aliphatic heterocycles. The van der Waals surface area contributed by atoms with Crippen molar-refractivity contribution in [2.24, 2.45) is 0 Å². The minimum atomic E-state index is 0.948. The SMILES string of the molecule is CCN(CC)CCn1c2ccccc2n2c(C)c(-c3ccccc3)nc12. The third-order valence-electron chi connectivity index (χ3n) is 5.33. The molecule has 0 fully saturated rings. The van der Waals surface area contributed by atoms with Gasteiger partial charge in [-0.1, -0.05) is 56.3 Å². The molecule has 134 valence electrons. The molecule has 0 atom stereocenters. The molecule has 4 aromatic rings. The molecule has 4 heteroatoms. The molecular weight excluding hydrogens is 320 g/mol. The zero-order valence-corrected chi connectivity index (χ0v) is 15.8. The van der Waals surface area contributed by atoms with Crippen molar-refractivity contribution in [3.05, 3.63) is 60.3 Å². The average Bonchev–Trinajstić information content (AvgIpc) is 3.18. The molecule has 4 rings (SSSR count). The predicted octanol–water partition coefficient (Wildman–Crippen LogP) is 4.61. The first-order valence-electron chi connectivity index (χ1n) is 9.48. The number of aromatic nitrogens is 3. The first-order chi connectivity index (χ1) is 12.7. The number of aryl methyl sites for hydroxylation is 1. The highest BCUT2D eigenvalue weighted by atomic mass is 15.2. The highest BCUT2D eigenvalue weighted by Crippen LogP contribution is 2.29. The van der Waals surface area contributed by atoms with Crippen LogP contribution in [0.1, 0.15) is 19.5 Å². The van der Waals surface area contributed by atoms with E-state index in [4.69, 9.17) is 4.98 Å². The summed E-state index contributed by atoms with van der Waals surface area (Å²) in [6.07, 6.45) is 0. The summed E-state index contributed by atoms with van der Waals surface area (Å²) < 4.78 is 4.67. The highest BCUT2D eigenvalue weighted by molar-refractivity contribution is 5.83. The van der Waals surface area contributed by atoms with Crippen LogP contribution < -0.4 is 0 Å². The first kappa shape index (κ1) is 16.9. The Morgan fingerprint density at radius 2 is 1.54 bits per heavy atom. The van der Waals surface area contributed by atoms with Crippen molar-refractivity contribution in [1.82, 2.24) is 18.9 Å². The molecule has 0 saturated carbocycles. The number of fused-ring (bicyclic) bond motifs is 3. The fraction of sp³-hybridized carbons (Fsp3) is 0.318. The molecule has 2 aromatic heterocycles. The Kier molecular flexibility index (Phi) is 4.51. The van der Waals surface area contributed by atoms with Crippen LogP contribution in [0.25, 0.3) is 28.1 Å². The largest absolute Gasteiger partial charge is 0.308 e. The van der Waals surface area contributed by atoms with Crippen molar-refractivity contribution in [3.8, 4) is 11.3 Å². The molecule has 2 heterocycles. The van der Waals surface area contributed by atoms with Crippen LogP contribution in [-0.2, 0) is 6.54 Å². The molecule has 26 heavy (non-hydrogen) atoms. The normalized spacial score (nSPS) is 11.8. The molecular formula is C22H26N4. The van der Waals surface area contributed by atoms with Crippen LogP contribution in [0.5, 0.6) is 0 Å². The zero-order chi connectivity index (χ0) is 18.1. The van der Waals surface area contributed by atoms with E-state index in [1.807, 2.05) is 6.07 Å². The fourth-order valence-electron chi connectivity index (χ4n) is 3.82. The van der Waals surface area contributed by atoms with Crippen molar-refractivity contribution in [1.29, 1.82) is 0 Å². The summed E-state index contributed by atoms with van der Waals surface area (Å²) in [5.74, 6) is 1.04. The van der Waals surface area contributed by atoms with Crippen LogP contribution >= 0.6 is 0 Å². The number of nitrogens with zero attached hydrogens (tertiary/aromatic N) is 4. The van der Waals surface area contributed by atoms with Crippen LogP contribution in [0, 0.1) is 6.92 Å². The molecule has 0 bridgehead atoms. The first-order valence-corrected chi connectivity index (χ1v) is 9.48. The van der Waals surface area contributed by atoms with Crippen molar-refractivity contribution in [3.63, 3.8) is 0 Å². The van der Waals surface area contributed by atoms with Gasteiger partial charge in [0.15, 0.2) is 0 Å². The molecule has 0 aliphatic carbocycles. The number of rotatable bonds is 6. The Bertz CT molecular complexity index is 1020. The second-order valence-electron chi connectivity index (χ2n) is 6.71. The Balaban J connectivity index is 1.88. The molecule has 0 spiro atoms. The monoisotopic (exact) mass is 346 g/mol. The Morgan fingerprint density at radius 1 is 0.885 bits per heavy atom. The lowest BCUT2D eigenvalue weighted by atomic mass is 10.1. The van der Waals surface area contributed by atoms with Gasteiger partial charge in [0.1, 0.15) is 0 Å². The van der Waals surface area contributed by atoms with E-state index in [2.05, 4.69) is 83.2 Å². The predicted molar refractivity (Wildman–Crippen MR) is 109 cm³/mol. The van der Waals surface area contributed by atoms with E-state index >= 15 is 0 Å². The van der Waals surface area contributed by atoms with Crippen molar-refractivity contribution < 1.29 is 0 Å². The number of imidazole rings is 2. The summed E-state index contributed by atoms with van der Waals surface area (Å²) in [6, 6.07) is 19.1. The van der Waals surface area contributed by atoms with Gasteiger partial charge in [-0.3, -0.25) is 4.40 Å².